The average molecular weight is 369 g/mol. The Morgan fingerprint density at radius 1 is 1.26 bits per heavy atom. The maximum absolute atomic E-state index is 12.1. The third-order valence-corrected chi connectivity index (χ3v) is 5.95. The predicted molar refractivity (Wildman–Crippen MR) is 104 cm³/mol. The van der Waals surface area contributed by atoms with Crippen LogP contribution in [0.3, 0.4) is 0 Å². The number of carbonyl (C=O) groups is 1. The van der Waals surface area contributed by atoms with Gasteiger partial charge in [-0.2, -0.15) is 0 Å². The smallest absolute Gasteiger partial charge is 0.341 e. The van der Waals surface area contributed by atoms with Gasteiger partial charge in [0, 0.05) is 5.71 Å². The minimum absolute atomic E-state index is 0.140. The maximum Gasteiger partial charge on any atom is 0.341 e. The Morgan fingerprint density at radius 2 is 2.07 bits per heavy atom. The molecule has 3 unspecified atom stereocenters. The molecule has 1 aromatic carbocycles. The van der Waals surface area contributed by atoms with Crippen molar-refractivity contribution in [2.24, 2.45) is 21.8 Å². The van der Waals surface area contributed by atoms with E-state index in [9.17, 15) is 9.90 Å². The summed E-state index contributed by atoms with van der Waals surface area (Å²) in [5.74, 6) is 1.21. The summed E-state index contributed by atoms with van der Waals surface area (Å²) < 4.78 is 6.35. The fourth-order valence-corrected chi connectivity index (χ4v) is 4.55. The lowest BCUT2D eigenvalue weighted by molar-refractivity contribution is 0.116. The van der Waals surface area contributed by atoms with Gasteiger partial charge in [-0.25, -0.2) is 9.79 Å². The van der Waals surface area contributed by atoms with Crippen LogP contribution in [0.15, 0.2) is 34.3 Å². The quantitative estimate of drug-likeness (QED) is 0.841. The molecule has 2 heterocycles. The van der Waals surface area contributed by atoms with Gasteiger partial charge in [0.1, 0.15) is 11.9 Å². The highest BCUT2D eigenvalue weighted by Gasteiger charge is 2.41. The molecule has 2 N–H and O–H groups in total. The molecule has 144 valence electrons. The van der Waals surface area contributed by atoms with Crippen molar-refractivity contribution in [3.8, 4) is 5.75 Å². The molecular weight excluding hydrogens is 342 g/mol. The highest BCUT2D eigenvalue weighted by Crippen LogP contribution is 2.36. The number of phenols is 1. The SMILES string of the molecule is CCC1=NC(=O)NC(c2cccc(O)c2)C1C1=NCC(C2CCCCC2)O1. The topological polar surface area (TPSA) is 83.3 Å². The van der Waals surface area contributed by atoms with Crippen LogP contribution in [0.4, 0.5) is 4.79 Å². The lowest BCUT2D eigenvalue weighted by Crippen LogP contribution is -2.45. The number of nitrogens with zero attached hydrogens (tertiary/aromatic N) is 2. The Balaban J connectivity index is 1.60. The molecule has 0 saturated heterocycles. The second-order valence-corrected chi connectivity index (χ2v) is 7.69. The fraction of sp³-hybridized carbons (Fsp3) is 0.571. The molecule has 3 atom stereocenters. The normalized spacial score (nSPS) is 28.9. The summed E-state index contributed by atoms with van der Waals surface area (Å²) in [6.07, 6.45) is 7.07. The predicted octanol–water partition coefficient (Wildman–Crippen LogP) is 4.00. The van der Waals surface area contributed by atoms with E-state index in [1.165, 1.54) is 32.1 Å². The first-order chi connectivity index (χ1) is 13.2. The molecule has 0 spiro atoms. The first-order valence-electron chi connectivity index (χ1n) is 10.0. The lowest BCUT2D eigenvalue weighted by Gasteiger charge is -2.33. The van der Waals surface area contributed by atoms with Crippen LogP contribution in [0.1, 0.15) is 57.1 Å². The van der Waals surface area contributed by atoms with Gasteiger partial charge < -0.3 is 15.2 Å². The number of amides is 2. The van der Waals surface area contributed by atoms with E-state index < -0.39 is 0 Å². The zero-order valence-corrected chi connectivity index (χ0v) is 15.7. The summed E-state index contributed by atoms with van der Waals surface area (Å²) in [6, 6.07) is 6.32. The van der Waals surface area contributed by atoms with E-state index in [1.807, 2.05) is 13.0 Å². The van der Waals surface area contributed by atoms with Crippen molar-refractivity contribution in [3.63, 3.8) is 0 Å². The van der Waals surface area contributed by atoms with E-state index in [4.69, 9.17) is 9.73 Å². The van der Waals surface area contributed by atoms with E-state index in [0.29, 0.717) is 24.8 Å². The Hall–Kier alpha value is -2.37. The molecule has 6 heteroatoms. The Morgan fingerprint density at radius 3 is 2.81 bits per heavy atom. The summed E-state index contributed by atoms with van der Waals surface area (Å²) in [5.41, 5.74) is 1.62. The molecule has 0 radical (unpaired) electrons. The van der Waals surface area contributed by atoms with Crippen molar-refractivity contribution in [3.05, 3.63) is 29.8 Å². The van der Waals surface area contributed by atoms with Crippen LogP contribution in [0.25, 0.3) is 0 Å². The summed E-state index contributed by atoms with van der Waals surface area (Å²) in [7, 11) is 0. The summed E-state index contributed by atoms with van der Waals surface area (Å²) >= 11 is 0. The van der Waals surface area contributed by atoms with Crippen LogP contribution >= 0.6 is 0 Å². The van der Waals surface area contributed by atoms with Gasteiger partial charge in [-0.3, -0.25) is 4.99 Å². The van der Waals surface area contributed by atoms with Gasteiger partial charge in [-0.1, -0.05) is 38.3 Å². The summed E-state index contributed by atoms with van der Waals surface area (Å²) in [6.45, 7) is 2.69. The largest absolute Gasteiger partial charge is 0.508 e. The fourth-order valence-electron chi connectivity index (χ4n) is 4.55. The number of aliphatic imine (C=N–C) groups is 2. The van der Waals surface area contributed by atoms with Crippen molar-refractivity contribution >= 4 is 17.6 Å². The highest BCUT2D eigenvalue weighted by molar-refractivity contribution is 6.10. The molecule has 3 aliphatic rings. The summed E-state index contributed by atoms with van der Waals surface area (Å²) in [4.78, 5) is 21.1. The molecule has 6 nitrogen and oxygen atoms in total. The molecule has 4 rings (SSSR count). The molecule has 1 aliphatic carbocycles. The standard InChI is InChI=1S/C21H27N3O3/c1-2-16-18(20-22-12-17(27-20)13-7-4-3-5-8-13)19(24-21(26)23-16)14-9-6-10-15(25)11-14/h6,9-11,13,17-19,25H,2-5,7-8,12H2,1H3,(H,24,26). The molecular formula is C21H27N3O3. The second-order valence-electron chi connectivity index (χ2n) is 7.69. The number of nitrogens with one attached hydrogen (secondary N) is 1. The first kappa shape index (κ1) is 18.0. The Labute approximate surface area is 159 Å². The average Bonchev–Trinajstić information content (AvgIpc) is 3.17. The van der Waals surface area contributed by atoms with Gasteiger partial charge in [0.05, 0.1) is 18.5 Å². The molecule has 27 heavy (non-hydrogen) atoms. The molecule has 1 aromatic rings. The molecule has 0 aromatic heterocycles. The van der Waals surface area contributed by atoms with Crippen LogP contribution in [0.2, 0.25) is 0 Å². The highest BCUT2D eigenvalue weighted by atomic mass is 16.5. The van der Waals surface area contributed by atoms with Crippen molar-refractivity contribution in [1.82, 2.24) is 5.32 Å². The van der Waals surface area contributed by atoms with Crippen molar-refractivity contribution in [2.75, 3.05) is 6.54 Å². The van der Waals surface area contributed by atoms with Gasteiger partial charge in [0.25, 0.3) is 0 Å². The van der Waals surface area contributed by atoms with Crippen molar-refractivity contribution in [2.45, 2.75) is 57.6 Å². The minimum atomic E-state index is -0.348. The van der Waals surface area contributed by atoms with Gasteiger partial charge >= 0.3 is 6.03 Å². The molecule has 2 aliphatic heterocycles. The van der Waals surface area contributed by atoms with Crippen molar-refractivity contribution < 1.29 is 14.6 Å². The number of hydrogen-bond acceptors (Lipinski definition) is 4. The van der Waals surface area contributed by atoms with E-state index in [2.05, 4.69) is 10.3 Å². The van der Waals surface area contributed by atoms with Crippen LogP contribution in [-0.4, -0.2) is 35.4 Å². The Kier molecular flexibility index (Phi) is 5.14. The van der Waals surface area contributed by atoms with Crippen LogP contribution in [0, 0.1) is 11.8 Å². The maximum atomic E-state index is 12.1. The number of rotatable bonds is 4. The zero-order chi connectivity index (χ0) is 18.8. The lowest BCUT2D eigenvalue weighted by atomic mass is 9.85. The number of hydrogen-bond donors (Lipinski definition) is 2. The first-order valence-corrected chi connectivity index (χ1v) is 10.0. The van der Waals surface area contributed by atoms with E-state index in [1.54, 1.807) is 18.2 Å². The molecule has 1 fully saturated rings. The molecule has 2 amide bonds. The third kappa shape index (κ3) is 3.70. The van der Waals surface area contributed by atoms with Crippen LogP contribution in [-0.2, 0) is 4.74 Å². The molecule has 0 bridgehead atoms. The number of benzene rings is 1. The summed E-state index contributed by atoms with van der Waals surface area (Å²) in [5, 5.41) is 12.8. The van der Waals surface area contributed by atoms with Crippen LogP contribution < -0.4 is 5.32 Å². The third-order valence-electron chi connectivity index (χ3n) is 5.95. The number of ether oxygens (including phenoxy) is 1. The van der Waals surface area contributed by atoms with E-state index >= 15 is 0 Å². The number of carbonyl (C=O) groups excluding carboxylic acids is 1. The number of phenolic OH excluding ortho intramolecular Hbond substituents is 1. The van der Waals surface area contributed by atoms with Crippen LogP contribution in [0.5, 0.6) is 5.75 Å². The monoisotopic (exact) mass is 369 g/mol. The zero-order valence-electron chi connectivity index (χ0n) is 15.7. The van der Waals surface area contributed by atoms with Gasteiger partial charge in [-0.15, -0.1) is 0 Å². The van der Waals surface area contributed by atoms with E-state index in [-0.39, 0.29) is 29.8 Å². The second kappa shape index (κ2) is 7.71. The van der Waals surface area contributed by atoms with Gasteiger partial charge in [0.2, 0.25) is 0 Å². The number of urea groups is 1. The van der Waals surface area contributed by atoms with Gasteiger partial charge in [0.15, 0.2) is 5.90 Å². The minimum Gasteiger partial charge on any atom is -0.508 e. The van der Waals surface area contributed by atoms with Gasteiger partial charge in [-0.05, 0) is 42.9 Å². The van der Waals surface area contributed by atoms with Crippen molar-refractivity contribution in [1.29, 1.82) is 0 Å². The van der Waals surface area contributed by atoms with E-state index in [0.717, 1.165) is 11.3 Å². The number of aromatic hydroxyl groups is 1. The molecule has 1 saturated carbocycles. The Bertz CT molecular complexity index is 768.